The number of aryl methyl sites for hydroxylation is 2. The molecule has 0 radical (unpaired) electrons. The van der Waals surface area contributed by atoms with Crippen LogP contribution in [0.25, 0.3) is 0 Å². The highest BCUT2D eigenvalue weighted by Gasteiger charge is 2.14. The van der Waals surface area contributed by atoms with Gasteiger partial charge in [0.15, 0.2) is 5.78 Å². The molecule has 0 saturated carbocycles. The molecule has 0 bridgehead atoms. The van der Waals surface area contributed by atoms with Crippen molar-refractivity contribution in [3.63, 3.8) is 0 Å². The summed E-state index contributed by atoms with van der Waals surface area (Å²) in [4.78, 5) is 12.0. The van der Waals surface area contributed by atoms with Gasteiger partial charge in [-0.1, -0.05) is 12.1 Å². The van der Waals surface area contributed by atoms with Crippen LogP contribution < -0.4 is 4.74 Å². The van der Waals surface area contributed by atoms with Crippen LogP contribution in [0.5, 0.6) is 5.75 Å². The Kier molecular flexibility index (Phi) is 4.68. The van der Waals surface area contributed by atoms with Crippen molar-refractivity contribution in [1.82, 2.24) is 0 Å². The Hall–Kier alpha value is -2.23. The smallest absolute Gasteiger partial charge is 0.166 e. The second-order valence-corrected chi connectivity index (χ2v) is 4.85. The van der Waals surface area contributed by atoms with E-state index in [4.69, 9.17) is 4.74 Å². The Morgan fingerprint density at radius 3 is 2.38 bits per heavy atom. The quantitative estimate of drug-likeness (QED) is 0.775. The van der Waals surface area contributed by atoms with Crippen molar-refractivity contribution >= 4 is 5.78 Å². The maximum absolute atomic E-state index is 13.7. The van der Waals surface area contributed by atoms with E-state index in [2.05, 4.69) is 0 Å². The number of halogens is 2. The predicted octanol–water partition coefficient (Wildman–Crippen LogP) is 4.10. The molecule has 4 heteroatoms. The van der Waals surface area contributed by atoms with Crippen molar-refractivity contribution in [2.75, 3.05) is 7.11 Å². The van der Waals surface area contributed by atoms with E-state index >= 15 is 0 Å². The third-order valence-electron chi connectivity index (χ3n) is 3.35. The van der Waals surface area contributed by atoms with Crippen molar-refractivity contribution in [2.24, 2.45) is 0 Å². The molecule has 0 atom stereocenters. The Morgan fingerprint density at radius 1 is 1.10 bits per heavy atom. The van der Waals surface area contributed by atoms with E-state index in [1.165, 1.54) is 6.92 Å². The molecule has 0 amide bonds. The Labute approximate surface area is 122 Å². The van der Waals surface area contributed by atoms with Gasteiger partial charge >= 0.3 is 0 Å². The first-order valence-corrected chi connectivity index (χ1v) is 6.63. The lowest BCUT2D eigenvalue weighted by molar-refractivity contribution is 0.0978. The molecule has 0 unspecified atom stereocenters. The van der Waals surface area contributed by atoms with Crippen LogP contribution in [-0.2, 0) is 6.42 Å². The number of Topliss-reactive ketones (excluding diaryl/α,β-unsaturated/α-hetero) is 1. The van der Waals surface area contributed by atoms with E-state index in [1.54, 1.807) is 19.2 Å². The summed E-state index contributed by atoms with van der Waals surface area (Å²) < 4.78 is 32.2. The van der Waals surface area contributed by atoms with Gasteiger partial charge in [0, 0.05) is 6.42 Å². The number of ketones is 1. The lowest BCUT2D eigenvalue weighted by Crippen LogP contribution is -2.05. The van der Waals surface area contributed by atoms with Gasteiger partial charge in [0.1, 0.15) is 17.4 Å². The highest BCUT2D eigenvalue weighted by Crippen LogP contribution is 2.18. The summed E-state index contributed by atoms with van der Waals surface area (Å²) in [6, 6.07) is 9.31. The van der Waals surface area contributed by atoms with Crippen LogP contribution in [-0.4, -0.2) is 12.9 Å². The molecule has 0 aliphatic carbocycles. The normalized spacial score (nSPS) is 10.5. The van der Waals surface area contributed by atoms with Gasteiger partial charge in [0.2, 0.25) is 0 Å². The van der Waals surface area contributed by atoms with Crippen LogP contribution in [0.15, 0.2) is 36.4 Å². The zero-order chi connectivity index (χ0) is 15.4. The SMILES string of the molecule is COc1ccc(CCC(=O)c2cc(F)c(C)cc2F)cc1. The molecule has 0 aliphatic rings. The minimum atomic E-state index is -0.673. The van der Waals surface area contributed by atoms with Crippen molar-refractivity contribution in [1.29, 1.82) is 0 Å². The molecule has 110 valence electrons. The van der Waals surface area contributed by atoms with Gasteiger partial charge in [-0.05, 0) is 48.7 Å². The summed E-state index contributed by atoms with van der Waals surface area (Å²) in [5.74, 6) is -0.906. The zero-order valence-corrected chi connectivity index (χ0v) is 12.0. The van der Waals surface area contributed by atoms with E-state index < -0.39 is 17.4 Å². The Balaban J connectivity index is 2.06. The maximum atomic E-state index is 13.7. The minimum absolute atomic E-state index is 0.131. The van der Waals surface area contributed by atoms with Crippen LogP contribution in [0.4, 0.5) is 8.78 Å². The number of hydrogen-bond donors (Lipinski definition) is 0. The fourth-order valence-corrected chi connectivity index (χ4v) is 2.04. The van der Waals surface area contributed by atoms with E-state index in [1.807, 2.05) is 12.1 Å². The highest BCUT2D eigenvalue weighted by molar-refractivity contribution is 5.96. The summed E-state index contributed by atoms with van der Waals surface area (Å²) in [5.41, 5.74) is 0.947. The predicted molar refractivity (Wildman–Crippen MR) is 76.7 cm³/mol. The number of rotatable bonds is 5. The van der Waals surface area contributed by atoms with E-state index in [0.717, 1.165) is 23.4 Å². The fraction of sp³-hybridized carbons (Fsp3) is 0.235. The Morgan fingerprint density at radius 2 is 1.76 bits per heavy atom. The van der Waals surface area contributed by atoms with Crippen LogP contribution in [0.3, 0.4) is 0 Å². The molecule has 2 aromatic rings. The number of ether oxygens (including phenoxy) is 1. The van der Waals surface area contributed by atoms with Crippen molar-refractivity contribution < 1.29 is 18.3 Å². The first-order valence-electron chi connectivity index (χ1n) is 6.63. The molecule has 21 heavy (non-hydrogen) atoms. The molecule has 0 heterocycles. The van der Waals surface area contributed by atoms with Gasteiger partial charge in [0.25, 0.3) is 0 Å². The van der Waals surface area contributed by atoms with Gasteiger partial charge in [-0.2, -0.15) is 0 Å². The van der Waals surface area contributed by atoms with Gasteiger partial charge in [0.05, 0.1) is 12.7 Å². The number of hydrogen-bond acceptors (Lipinski definition) is 2. The minimum Gasteiger partial charge on any atom is -0.497 e. The largest absolute Gasteiger partial charge is 0.497 e. The van der Waals surface area contributed by atoms with Gasteiger partial charge in [-0.25, -0.2) is 8.78 Å². The van der Waals surface area contributed by atoms with Crippen LogP contribution in [0, 0.1) is 18.6 Å². The molecule has 0 N–H and O–H groups in total. The van der Waals surface area contributed by atoms with E-state index in [0.29, 0.717) is 6.42 Å². The maximum Gasteiger partial charge on any atom is 0.166 e. The first-order chi connectivity index (χ1) is 10.0. The zero-order valence-electron chi connectivity index (χ0n) is 12.0. The van der Waals surface area contributed by atoms with Crippen LogP contribution >= 0.6 is 0 Å². The summed E-state index contributed by atoms with van der Waals surface area (Å²) in [7, 11) is 1.58. The van der Waals surface area contributed by atoms with Gasteiger partial charge in [-0.15, -0.1) is 0 Å². The molecule has 0 aliphatic heterocycles. The average Bonchev–Trinajstić information content (AvgIpc) is 2.49. The summed E-state index contributed by atoms with van der Waals surface area (Å²) in [6.07, 6.45) is 0.601. The monoisotopic (exact) mass is 290 g/mol. The molecular weight excluding hydrogens is 274 g/mol. The second-order valence-electron chi connectivity index (χ2n) is 4.85. The van der Waals surface area contributed by atoms with E-state index in [-0.39, 0.29) is 17.5 Å². The molecule has 0 saturated heterocycles. The molecular formula is C17H16F2O2. The van der Waals surface area contributed by atoms with Crippen LogP contribution in [0.1, 0.15) is 27.9 Å². The topological polar surface area (TPSA) is 26.3 Å². The van der Waals surface area contributed by atoms with Crippen molar-refractivity contribution in [2.45, 2.75) is 19.8 Å². The van der Waals surface area contributed by atoms with Crippen molar-refractivity contribution in [3.8, 4) is 5.75 Å². The number of carbonyl (C=O) groups is 1. The number of benzene rings is 2. The molecule has 0 fully saturated rings. The van der Waals surface area contributed by atoms with Crippen molar-refractivity contribution in [3.05, 3.63) is 64.7 Å². The summed E-state index contributed by atoms with van der Waals surface area (Å²) >= 11 is 0. The van der Waals surface area contributed by atoms with Crippen LogP contribution in [0.2, 0.25) is 0 Å². The van der Waals surface area contributed by atoms with Gasteiger partial charge in [-0.3, -0.25) is 4.79 Å². The lowest BCUT2D eigenvalue weighted by atomic mass is 10.0. The molecule has 2 nitrogen and oxygen atoms in total. The van der Waals surface area contributed by atoms with Gasteiger partial charge < -0.3 is 4.74 Å². The first kappa shape index (κ1) is 15.2. The number of carbonyl (C=O) groups excluding carboxylic acids is 1. The highest BCUT2D eigenvalue weighted by atomic mass is 19.1. The molecule has 2 aromatic carbocycles. The summed E-state index contributed by atoms with van der Waals surface area (Å²) in [5, 5.41) is 0. The standard InChI is InChI=1S/C17H16F2O2/c1-11-9-16(19)14(10-15(11)18)17(20)8-5-12-3-6-13(21-2)7-4-12/h3-4,6-7,9-10H,5,8H2,1-2H3. The molecule has 0 spiro atoms. The third kappa shape index (κ3) is 3.66. The fourth-order valence-electron chi connectivity index (χ4n) is 2.04. The second kappa shape index (κ2) is 6.48. The number of methoxy groups -OCH3 is 1. The molecule has 2 rings (SSSR count). The Bertz CT molecular complexity index is 649. The van der Waals surface area contributed by atoms with E-state index in [9.17, 15) is 13.6 Å². The average molecular weight is 290 g/mol. The summed E-state index contributed by atoms with van der Waals surface area (Å²) in [6.45, 7) is 1.46. The lowest BCUT2D eigenvalue weighted by Gasteiger charge is -2.06. The molecule has 0 aromatic heterocycles. The third-order valence-corrected chi connectivity index (χ3v) is 3.35.